The van der Waals surface area contributed by atoms with Gasteiger partial charge in [-0.3, -0.25) is 4.79 Å². The van der Waals surface area contributed by atoms with E-state index in [9.17, 15) is 19.1 Å². The molecular weight excluding hydrogens is 565 g/mol. The van der Waals surface area contributed by atoms with E-state index in [1.807, 2.05) is 0 Å². The SMILES string of the molecule is C#C[C@](COC(=O)c1ccccc1)(OC)[C@@H](O)Cn1cnc2c(NC(=O)CCCCCCCCCCCCC)nc(F)nc21. The van der Waals surface area contributed by atoms with Crippen molar-refractivity contribution < 1.29 is 28.6 Å². The highest BCUT2D eigenvalue weighted by Gasteiger charge is 2.39. The highest BCUT2D eigenvalue weighted by molar-refractivity contribution is 5.96. The Morgan fingerprint density at radius 3 is 2.30 bits per heavy atom. The third-order valence-electron chi connectivity index (χ3n) is 7.65. The molecule has 0 spiro atoms. The predicted molar refractivity (Wildman–Crippen MR) is 166 cm³/mol. The highest BCUT2D eigenvalue weighted by Crippen LogP contribution is 2.23. The molecule has 0 aliphatic carbocycles. The number of esters is 1. The smallest absolute Gasteiger partial charge is 0.338 e. The number of hydrogen-bond donors (Lipinski definition) is 2. The van der Waals surface area contributed by atoms with Crippen LogP contribution in [0.3, 0.4) is 0 Å². The Labute approximate surface area is 258 Å². The summed E-state index contributed by atoms with van der Waals surface area (Å²) in [5.41, 5.74) is -1.19. The normalized spacial score (nSPS) is 13.2. The fraction of sp³-hybridized carbons (Fsp3) is 0.545. The Morgan fingerprint density at radius 1 is 1.05 bits per heavy atom. The van der Waals surface area contributed by atoms with Crippen LogP contribution in [0.15, 0.2) is 36.7 Å². The fourth-order valence-corrected chi connectivity index (χ4v) is 4.93. The van der Waals surface area contributed by atoms with Crippen LogP contribution < -0.4 is 5.32 Å². The minimum atomic E-state index is -1.71. The molecule has 0 fully saturated rings. The molecule has 2 heterocycles. The van der Waals surface area contributed by atoms with Gasteiger partial charge in [-0.25, -0.2) is 9.78 Å². The Kier molecular flexibility index (Phi) is 14.2. The quantitative estimate of drug-likeness (QED) is 0.0708. The summed E-state index contributed by atoms with van der Waals surface area (Å²) in [6.45, 7) is 1.56. The lowest BCUT2D eigenvalue weighted by molar-refractivity contribution is -0.116. The van der Waals surface area contributed by atoms with Crippen molar-refractivity contribution in [2.45, 2.75) is 102 Å². The molecule has 3 aromatic rings. The lowest BCUT2D eigenvalue weighted by Gasteiger charge is -2.31. The van der Waals surface area contributed by atoms with Crippen LogP contribution in [0.2, 0.25) is 0 Å². The number of methoxy groups -OCH3 is 1. The number of anilines is 1. The number of halogens is 1. The fourth-order valence-electron chi connectivity index (χ4n) is 4.93. The molecule has 2 aromatic heterocycles. The van der Waals surface area contributed by atoms with Gasteiger partial charge in [-0.15, -0.1) is 6.42 Å². The summed E-state index contributed by atoms with van der Waals surface area (Å²) in [7, 11) is 1.29. The number of carbonyl (C=O) groups excluding carboxylic acids is 2. The molecule has 0 radical (unpaired) electrons. The van der Waals surface area contributed by atoms with Crippen LogP contribution >= 0.6 is 0 Å². The summed E-state index contributed by atoms with van der Waals surface area (Å²) in [5.74, 6) is 1.40. The van der Waals surface area contributed by atoms with E-state index in [1.165, 1.54) is 62.9 Å². The number of aliphatic hydroxyl groups is 1. The topological polar surface area (TPSA) is 128 Å². The van der Waals surface area contributed by atoms with Gasteiger partial charge in [-0.1, -0.05) is 95.3 Å². The molecule has 44 heavy (non-hydrogen) atoms. The van der Waals surface area contributed by atoms with Gasteiger partial charge in [0.1, 0.15) is 12.7 Å². The van der Waals surface area contributed by atoms with Gasteiger partial charge in [0.05, 0.1) is 18.4 Å². The number of fused-ring (bicyclic) bond motifs is 1. The number of ether oxygens (including phenoxy) is 2. The minimum absolute atomic E-state index is 0.0462. The Hall–Kier alpha value is -3.88. The monoisotopic (exact) mass is 609 g/mol. The number of aliphatic hydroxyl groups excluding tert-OH is 1. The zero-order valence-corrected chi connectivity index (χ0v) is 25.8. The second-order valence-corrected chi connectivity index (χ2v) is 10.9. The largest absolute Gasteiger partial charge is 0.458 e. The molecule has 3 rings (SSSR count). The molecule has 1 amide bonds. The molecule has 2 N–H and O–H groups in total. The van der Waals surface area contributed by atoms with Crippen LogP contribution in [0, 0.1) is 18.4 Å². The molecule has 2 atom stereocenters. The van der Waals surface area contributed by atoms with E-state index < -0.39 is 30.4 Å². The second-order valence-electron chi connectivity index (χ2n) is 10.9. The van der Waals surface area contributed by atoms with Crippen molar-refractivity contribution in [1.29, 1.82) is 0 Å². The summed E-state index contributed by atoms with van der Waals surface area (Å²) in [6.07, 6.45) is 17.7. The summed E-state index contributed by atoms with van der Waals surface area (Å²) < 4.78 is 26.6. The maximum Gasteiger partial charge on any atom is 0.338 e. The molecule has 11 heteroatoms. The number of hydrogen-bond acceptors (Lipinski definition) is 8. The zero-order valence-electron chi connectivity index (χ0n) is 25.8. The van der Waals surface area contributed by atoms with Gasteiger partial charge < -0.3 is 24.5 Å². The van der Waals surface area contributed by atoms with Crippen molar-refractivity contribution in [2.24, 2.45) is 0 Å². The van der Waals surface area contributed by atoms with E-state index in [1.54, 1.807) is 30.3 Å². The number of nitrogens with one attached hydrogen (secondary N) is 1. The van der Waals surface area contributed by atoms with Gasteiger partial charge in [0.25, 0.3) is 0 Å². The first-order valence-corrected chi connectivity index (χ1v) is 15.4. The number of rotatable bonds is 20. The average molecular weight is 610 g/mol. The molecule has 1 aromatic carbocycles. The predicted octanol–water partition coefficient (Wildman–Crippen LogP) is 5.84. The maximum atomic E-state index is 14.4. The average Bonchev–Trinajstić information content (AvgIpc) is 3.43. The molecule has 0 unspecified atom stereocenters. The highest BCUT2D eigenvalue weighted by atomic mass is 19.1. The van der Waals surface area contributed by atoms with E-state index in [4.69, 9.17) is 15.9 Å². The van der Waals surface area contributed by atoms with Gasteiger partial charge in [0.15, 0.2) is 22.6 Å². The molecule has 0 saturated heterocycles. The Bertz CT molecular complexity index is 1380. The zero-order chi connectivity index (χ0) is 31.8. The number of aromatic nitrogens is 4. The lowest BCUT2D eigenvalue weighted by atomic mass is 9.98. The van der Waals surface area contributed by atoms with Gasteiger partial charge >= 0.3 is 12.0 Å². The third kappa shape index (κ3) is 10.1. The summed E-state index contributed by atoms with van der Waals surface area (Å²) in [4.78, 5) is 36.8. The van der Waals surface area contributed by atoms with Crippen molar-refractivity contribution >= 4 is 28.9 Å². The first kappa shape index (κ1) is 34.6. The van der Waals surface area contributed by atoms with Crippen LogP contribution in [-0.2, 0) is 20.8 Å². The number of benzene rings is 1. The van der Waals surface area contributed by atoms with Crippen LogP contribution in [0.25, 0.3) is 11.2 Å². The van der Waals surface area contributed by atoms with Crippen molar-refractivity contribution in [3.63, 3.8) is 0 Å². The third-order valence-corrected chi connectivity index (χ3v) is 7.65. The van der Waals surface area contributed by atoms with E-state index in [0.717, 1.165) is 25.7 Å². The number of carbonyl (C=O) groups is 2. The van der Waals surface area contributed by atoms with Crippen molar-refractivity contribution in [1.82, 2.24) is 19.5 Å². The van der Waals surface area contributed by atoms with E-state index >= 15 is 0 Å². The van der Waals surface area contributed by atoms with Crippen LogP contribution in [0.1, 0.15) is 94.3 Å². The Morgan fingerprint density at radius 2 is 1.68 bits per heavy atom. The molecule has 0 aliphatic heterocycles. The number of unbranched alkanes of at least 4 members (excludes halogenated alkanes) is 10. The van der Waals surface area contributed by atoms with Crippen LogP contribution in [-0.4, -0.2) is 61.9 Å². The second kappa shape index (κ2) is 18.0. The van der Waals surface area contributed by atoms with Gasteiger partial charge in [0, 0.05) is 13.5 Å². The minimum Gasteiger partial charge on any atom is -0.458 e. The molecular formula is C33H44FN5O5. The molecule has 0 aliphatic rings. The summed E-state index contributed by atoms with van der Waals surface area (Å²) >= 11 is 0. The van der Waals surface area contributed by atoms with E-state index in [-0.39, 0.29) is 35.9 Å². The molecule has 238 valence electrons. The molecule has 0 bridgehead atoms. The van der Waals surface area contributed by atoms with Crippen molar-refractivity contribution in [3.05, 3.63) is 48.3 Å². The van der Waals surface area contributed by atoms with Gasteiger partial charge in [-0.05, 0) is 18.6 Å². The first-order valence-electron chi connectivity index (χ1n) is 15.4. The number of amides is 1. The maximum absolute atomic E-state index is 14.4. The van der Waals surface area contributed by atoms with E-state index in [2.05, 4.69) is 33.1 Å². The summed E-state index contributed by atoms with van der Waals surface area (Å²) in [6, 6.07) is 8.32. The van der Waals surface area contributed by atoms with Gasteiger partial charge in [0.2, 0.25) is 5.91 Å². The number of imidazole rings is 1. The standard InChI is InChI=1S/C33H44FN5O5/c1-4-6-7-8-9-10-11-12-13-14-18-21-27(41)36-29-28-30(38-32(34)37-29)39(24-35-28)22-26(40)33(5-2,43-3)23-44-31(42)25-19-16-15-17-20-25/h2,15-17,19-20,24,26,40H,4,6-14,18,21-23H2,1,3H3,(H,36,37,38,41)/t26-,33+/m0/s1. The molecule has 10 nitrogen and oxygen atoms in total. The summed E-state index contributed by atoms with van der Waals surface area (Å²) in [5, 5.41) is 13.7. The lowest BCUT2D eigenvalue weighted by Crippen LogP contribution is -2.49. The van der Waals surface area contributed by atoms with Crippen molar-refractivity contribution in [2.75, 3.05) is 19.0 Å². The van der Waals surface area contributed by atoms with Crippen LogP contribution in [0.4, 0.5) is 10.2 Å². The first-order chi connectivity index (χ1) is 21.3. The Balaban J connectivity index is 1.54. The molecule has 0 saturated carbocycles. The number of nitrogens with zero attached hydrogens (tertiary/aromatic N) is 4. The van der Waals surface area contributed by atoms with E-state index in [0.29, 0.717) is 5.56 Å². The number of terminal acetylenes is 1. The van der Waals surface area contributed by atoms with Crippen LogP contribution in [0.5, 0.6) is 0 Å². The van der Waals surface area contributed by atoms with Crippen molar-refractivity contribution in [3.8, 4) is 12.3 Å². The van der Waals surface area contributed by atoms with Gasteiger partial charge in [-0.2, -0.15) is 14.4 Å².